The zero-order chi connectivity index (χ0) is 18.3. The first-order chi connectivity index (χ1) is 12.4. The molecule has 0 atom stereocenters. The number of hydrogen-bond donors (Lipinski definition) is 0. The van der Waals surface area contributed by atoms with Gasteiger partial charge in [-0.1, -0.05) is 52.4 Å². The molecule has 0 bridgehead atoms. The second-order valence-electron chi connectivity index (χ2n) is 5.96. The smallest absolute Gasteiger partial charge is 0.229 e. The molecule has 0 N–H and O–H groups in total. The summed E-state index contributed by atoms with van der Waals surface area (Å²) in [7, 11) is 0.615. The van der Waals surface area contributed by atoms with Crippen molar-refractivity contribution in [1.82, 2.24) is 0 Å². The molecule has 0 aromatic heterocycles. The van der Waals surface area contributed by atoms with Crippen LogP contribution < -0.4 is 0 Å². The standard InChI is InChI=1S/C19H40O5Si/c1-3-5-7-8-10-20-11-12-21-13-14-22-15-16-23-17-18-24-25-19-9-6-4-2/h3-19H2,1-2H3. The van der Waals surface area contributed by atoms with Crippen LogP contribution in [0.4, 0.5) is 0 Å². The van der Waals surface area contributed by atoms with Gasteiger partial charge in [0.15, 0.2) is 0 Å². The van der Waals surface area contributed by atoms with E-state index in [-0.39, 0.29) is 0 Å². The summed E-state index contributed by atoms with van der Waals surface area (Å²) in [5.41, 5.74) is 0. The quantitative estimate of drug-likeness (QED) is 0.212. The van der Waals surface area contributed by atoms with E-state index in [1.165, 1.54) is 44.6 Å². The Kier molecular flexibility index (Phi) is 24.0. The van der Waals surface area contributed by atoms with Gasteiger partial charge in [0.2, 0.25) is 9.76 Å². The van der Waals surface area contributed by atoms with E-state index in [2.05, 4.69) is 13.8 Å². The molecule has 0 saturated carbocycles. The molecule has 25 heavy (non-hydrogen) atoms. The molecule has 150 valence electrons. The summed E-state index contributed by atoms with van der Waals surface area (Å²) in [5.74, 6) is 0. The molecule has 2 radical (unpaired) electrons. The van der Waals surface area contributed by atoms with Crippen molar-refractivity contribution in [3.63, 3.8) is 0 Å². The first kappa shape index (κ1) is 25.0. The van der Waals surface area contributed by atoms with E-state index in [0.29, 0.717) is 62.6 Å². The Balaban J connectivity index is 2.94. The lowest BCUT2D eigenvalue weighted by Gasteiger charge is -2.08. The SMILES string of the molecule is CCCCCCOCCOCCOCCOCCO[Si]CCCCC. The summed E-state index contributed by atoms with van der Waals surface area (Å²) >= 11 is 0. The van der Waals surface area contributed by atoms with Crippen LogP contribution in [0.25, 0.3) is 0 Å². The second-order valence-corrected chi connectivity index (χ2v) is 7.04. The van der Waals surface area contributed by atoms with E-state index in [9.17, 15) is 0 Å². The highest BCUT2D eigenvalue weighted by Crippen LogP contribution is 1.99. The molecule has 6 heteroatoms. The molecule has 0 heterocycles. The van der Waals surface area contributed by atoms with Crippen molar-refractivity contribution in [2.75, 3.05) is 59.5 Å². The van der Waals surface area contributed by atoms with Crippen LogP contribution in [-0.4, -0.2) is 69.2 Å². The Morgan fingerprint density at radius 1 is 0.480 bits per heavy atom. The predicted molar refractivity (Wildman–Crippen MR) is 103 cm³/mol. The predicted octanol–water partition coefficient (Wildman–Crippen LogP) is 3.88. The number of ether oxygens (including phenoxy) is 4. The van der Waals surface area contributed by atoms with Gasteiger partial charge in [0.25, 0.3) is 0 Å². The fourth-order valence-electron chi connectivity index (χ4n) is 2.08. The first-order valence-electron chi connectivity index (χ1n) is 10.1. The summed E-state index contributed by atoms with van der Waals surface area (Å²) in [5, 5.41) is 0. The third-order valence-corrected chi connectivity index (χ3v) is 4.54. The van der Waals surface area contributed by atoms with Gasteiger partial charge in [-0.05, 0) is 12.5 Å². The van der Waals surface area contributed by atoms with Gasteiger partial charge in [-0.25, -0.2) is 0 Å². The molecule has 0 rings (SSSR count). The van der Waals surface area contributed by atoms with Gasteiger partial charge in [0.05, 0.1) is 52.9 Å². The molecule has 0 unspecified atom stereocenters. The lowest BCUT2D eigenvalue weighted by atomic mass is 10.2. The molecule has 0 aromatic carbocycles. The third kappa shape index (κ3) is 24.0. The minimum absolute atomic E-state index is 0.606. The van der Waals surface area contributed by atoms with E-state index in [4.69, 9.17) is 23.4 Å². The summed E-state index contributed by atoms with van der Waals surface area (Å²) in [6.45, 7) is 10.4. The number of unbranched alkanes of at least 4 members (excludes halogenated alkanes) is 5. The van der Waals surface area contributed by atoms with Gasteiger partial charge in [-0.2, -0.15) is 0 Å². The molecule has 0 spiro atoms. The summed E-state index contributed by atoms with van der Waals surface area (Å²) < 4.78 is 27.4. The van der Waals surface area contributed by atoms with E-state index in [1.54, 1.807) is 0 Å². The third-order valence-electron chi connectivity index (χ3n) is 3.57. The monoisotopic (exact) mass is 376 g/mol. The van der Waals surface area contributed by atoms with Gasteiger partial charge >= 0.3 is 0 Å². The maximum Gasteiger partial charge on any atom is 0.229 e. The molecular formula is C19H40O5Si. The summed E-state index contributed by atoms with van der Waals surface area (Å²) in [4.78, 5) is 0. The van der Waals surface area contributed by atoms with Crippen LogP contribution in [0.1, 0.15) is 58.8 Å². The maximum atomic E-state index is 5.53. The fraction of sp³-hybridized carbons (Fsp3) is 1.00. The number of rotatable bonds is 22. The Morgan fingerprint density at radius 2 is 0.960 bits per heavy atom. The molecule has 5 nitrogen and oxygen atoms in total. The summed E-state index contributed by atoms with van der Waals surface area (Å²) in [6.07, 6.45) is 8.83. The molecule has 0 saturated heterocycles. The van der Waals surface area contributed by atoms with Gasteiger partial charge < -0.3 is 23.4 Å². The van der Waals surface area contributed by atoms with Gasteiger partial charge in [-0.3, -0.25) is 0 Å². The largest absolute Gasteiger partial charge is 0.415 e. The van der Waals surface area contributed by atoms with Crippen molar-refractivity contribution < 1.29 is 23.4 Å². The highest BCUT2D eigenvalue weighted by Gasteiger charge is 1.95. The lowest BCUT2D eigenvalue weighted by Crippen LogP contribution is -2.13. The van der Waals surface area contributed by atoms with Crippen molar-refractivity contribution in [1.29, 1.82) is 0 Å². The molecule has 0 aliphatic rings. The highest BCUT2D eigenvalue weighted by atomic mass is 28.2. The van der Waals surface area contributed by atoms with Crippen LogP contribution in [0.3, 0.4) is 0 Å². The highest BCUT2D eigenvalue weighted by molar-refractivity contribution is 6.26. The molecule has 0 aromatic rings. The average Bonchev–Trinajstić information content (AvgIpc) is 2.63. The van der Waals surface area contributed by atoms with Crippen molar-refractivity contribution in [2.45, 2.75) is 64.8 Å². The lowest BCUT2D eigenvalue weighted by molar-refractivity contribution is -0.00480. The van der Waals surface area contributed by atoms with E-state index in [0.717, 1.165) is 13.0 Å². The molecule has 0 aliphatic heterocycles. The fourth-order valence-corrected chi connectivity index (χ4v) is 2.85. The average molecular weight is 377 g/mol. The molecule has 0 fully saturated rings. The normalized spacial score (nSPS) is 11.3. The van der Waals surface area contributed by atoms with Crippen molar-refractivity contribution in [3.05, 3.63) is 0 Å². The summed E-state index contributed by atoms with van der Waals surface area (Å²) in [6, 6.07) is 1.18. The van der Waals surface area contributed by atoms with Crippen LogP contribution in [0, 0.1) is 0 Å². The second kappa shape index (κ2) is 24.0. The minimum Gasteiger partial charge on any atom is -0.415 e. The van der Waals surface area contributed by atoms with Crippen LogP contribution in [-0.2, 0) is 23.4 Å². The van der Waals surface area contributed by atoms with Gasteiger partial charge in [-0.15, -0.1) is 0 Å². The number of hydrogen-bond acceptors (Lipinski definition) is 5. The van der Waals surface area contributed by atoms with Crippen LogP contribution >= 0.6 is 0 Å². The molecule has 0 aliphatic carbocycles. The maximum absolute atomic E-state index is 5.53. The Labute approximate surface area is 158 Å². The van der Waals surface area contributed by atoms with Crippen molar-refractivity contribution in [3.8, 4) is 0 Å². The van der Waals surface area contributed by atoms with Crippen LogP contribution in [0.5, 0.6) is 0 Å². The van der Waals surface area contributed by atoms with E-state index < -0.39 is 0 Å². The minimum atomic E-state index is 0.606. The first-order valence-corrected chi connectivity index (χ1v) is 11.2. The van der Waals surface area contributed by atoms with Crippen molar-refractivity contribution in [2.24, 2.45) is 0 Å². The Morgan fingerprint density at radius 3 is 1.52 bits per heavy atom. The zero-order valence-corrected chi connectivity index (χ0v) is 17.6. The van der Waals surface area contributed by atoms with Crippen molar-refractivity contribution >= 4 is 9.76 Å². The van der Waals surface area contributed by atoms with E-state index >= 15 is 0 Å². The zero-order valence-electron chi connectivity index (χ0n) is 16.6. The van der Waals surface area contributed by atoms with Gasteiger partial charge in [0, 0.05) is 6.61 Å². The van der Waals surface area contributed by atoms with E-state index in [1.807, 2.05) is 0 Å². The van der Waals surface area contributed by atoms with Crippen LogP contribution in [0.2, 0.25) is 6.04 Å². The molecule has 0 amide bonds. The topological polar surface area (TPSA) is 46.2 Å². The van der Waals surface area contributed by atoms with Gasteiger partial charge in [0.1, 0.15) is 0 Å². The Bertz CT molecular complexity index is 210. The molecular weight excluding hydrogens is 336 g/mol. The Hall–Kier alpha value is 0.0169. The van der Waals surface area contributed by atoms with Crippen LogP contribution in [0.15, 0.2) is 0 Å².